The largest absolute Gasteiger partial charge is 0.508 e. The highest BCUT2D eigenvalue weighted by Gasteiger charge is 2.31. The Kier molecular flexibility index (Phi) is 12.7. The smallest absolute Gasteiger partial charge is 0.326 e. The van der Waals surface area contributed by atoms with E-state index in [1.165, 1.54) is 12.1 Å². The number of hydrogen-bond acceptors (Lipinski definition) is 7. The number of H-pyrrole nitrogens is 1. The van der Waals surface area contributed by atoms with Crippen LogP contribution in [0.2, 0.25) is 0 Å². The van der Waals surface area contributed by atoms with Gasteiger partial charge in [-0.25, -0.2) is 4.79 Å². The number of aliphatic imine (C=N–C) groups is 1. The third-order valence-electron chi connectivity index (χ3n) is 7.94. The van der Waals surface area contributed by atoms with E-state index in [4.69, 9.17) is 17.2 Å². The SMILES string of the molecule is NC(N)=NCCCC(N)C(=O)NC(Cc1c[nH]c2ccccc12)C(=O)NC(Cc1ccccc1)C(=O)NC(Cc1ccc(O)cc1)C(=O)O. The number of benzene rings is 3. The van der Waals surface area contributed by atoms with Crippen molar-refractivity contribution >= 4 is 40.6 Å². The maximum absolute atomic E-state index is 14.0. The first-order valence-electron chi connectivity index (χ1n) is 15.8. The Morgan fingerprint density at radius 2 is 1.31 bits per heavy atom. The molecule has 0 bridgehead atoms. The van der Waals surface area contributed by atoms with Crippen LogP contribution in [0.3, 0.4) is 0 Å². The number of guanidine groups is 1. The van der Waals surface area contributed by atoms with Gasteiger partial charge in [0.15, 0.2) is 5.96 Å². The molecule has 0 aliphatic rings. The quantitative estimate of drug-likeness (QED) is 0.0437. The van der Waals surface area contributed by atoms with Crippen LogP contribution in [-0.2, 0) is 38.4 Å². The number of carboxylic acid groups (broad SMARTS) is 1. The molecule has 0 fully saturated rings. The first-order chi connectivity index (χ1) is 23.5. The molecule has 0 spiro atoms. The molecule has 49 heavy (non-hydrogen) atoms. The molecule has 3 amide bonds. The number of hydrogen-bond donors (Lipinski definition) is 9. The van der Waals surface area contributed by atoms with Crippen molar-refractivity contribution in [2.24, 2.45) is 22.2 Å². The summed E-state index contributed by atoms with van der Waals surface area (Å²) in [6, 6.07) is 17.8. The molecule has 12 N–H and O–H groups in total. The van der Waals surface area contributed by atoms with Crippen molar-refractivity contribution in [3.8, 4) is 5.75 Å². The van der Waals surface area contributed by atoms with Gasteiger partial charge in [-0.05, 0) is 47.7 Å². The normalized spacial score (nSPS) is 13.4. The fourth-order valence-electron chi connectivity index (χ4n) is 5.33. The van der Waals surface area contributed by atoms with E-state index >= 15 is 0 Å². The monoisotopic (exact) mass is 670 g/mol. The highest BCUT2D eigenvalue weighted by molar-refractivity contribution is 5.95. The number of amides is 3. The lowest BCUT2D eigenvalue weighted by molar-refractivity contribution is -0.142. The van der Waals surface area contributed by atoms with Crippen LogP contribution in [0, 0.1) is 0 Å². The molecular weight excluding hydrogens is 628 g/mol. The minimum atomic E-state index is -1.33. The number of carbonyl (C=O) groups is 4. The molecule has 0 radical (unpaired) electrons. The standard InChI is InChI=1S/C35H42N8O6/c36-26(10-6-16-39-35(37)38)31(45)41-29(19-23-20-40-27-11-5-4-9-25(23)27)33(47)42-28(17-21-7-2-1-3-8-21)32(46)43-30(34(48)49)18-22-12-14-24(44)15-13-22/h1-5,7-9,11-15,20,26,28-30,40,44H,6,10,16-19,36H2,(H,41,45)(H,42,47)(H,43,46)(H,48,49)(H4,37,38,39). The number of aromatic amines is 1. The van der Waals surface area contributed by atoms with Gasteiger partial charge in [0.1, 0.15) is 23.9 Å². The molecule has 4 rings (SSSR count). The Hall–Kier alpha value is -5.89. The van der Waals surface area contributed by atoms with E-state index in [1.54, 1.807) is 42.6 Å². The number of nitrogens with one attached hydrogen (secondary N) is 4. The maximum Gasteiger partial charge on any atom is 0.326 e. The van der Waals surface area contributed by atoms with E-state index in [0.717, 1.165) is 16.5 Å². The topological polar surface area (TPSA) is 251 Å². The van der Waals surface area contributed by atoms with Gasteiger partial charge in [0, 0.05) is 42.9 Å². The molecule has 258 valence electrons. The number of nitrogens with two attached hydrogens (primary N) is 3. The average molecular weight is 671 g/mol. The minimum Gasteiger partial charge on any atom is -0.508 e. The zero-order valence-corrected chi connectivity index (χ0v) is 26.8. The van der Waals surface area contributed by atoms with E-state index in [2.05, 4.69) is 25.9 Å². The first kappa shape index (κ1) is 36.0. The van der Waals surface area contributed by atoms with Crippen LogP contribution in [0.4, 0.5) is 0 Å². The maximum atomic E-state index is 14.0. The predicted octanol–water partition coefficient (Wildman–Crippen LogP) is 0.821. The summed E-state index contributed by atoms with van der Waals surface area (Å²) in [7, 11) is 0. The van der Waals surface area contributed by atoms with Crippen molar-refractivity contribution in [2.75, 3.05) is 6.54 Å². The number of carboxylic acids is 1. The number of para-hydroxylation sites is 1. The molecule has 4 atom stereocenters. The van der Waals surface area contributed by atoms with Crippen LogP contribution in [0.5, 0.6) is 5.75 Å². The second-order valence-electron chi connectivity index (χ2n) is 11.7. The third kappa shape index (κ3) is 10.8. The minimum absolute atomic E-state index is 0.0199. The van der Waals surface area contributed by atoms with E-state index < -0.39 is 47.9 Å². The summed E-state index contributed by atoms with van der Waals surface area (Å²) in [4.78, 5) is 60.2. The number of fused-ring (bicyclic) bond motifs is 1. The van der Waals surface area contributed by atoms with Gasteiger partial charge < -0.3 is 48.3 Å². The van der Waals surface area contributed by atoms with Crippen molar-refractivity contribution in [2.45, 2.75) is 56.3 Å². The molecule has 0 aliphatic heterocycles. The summed E-state index contributed by atoms with van der Waals surface area (Å²) in [6.07, 6.45) is 2.48. The Morgan fingerprint density at radius 1 is 0.735 bits per heavy atom. The highest BCUT2D eigenvalue weighted by atomic mass is 16.4. The van der Waals surface area contributed by atoms with E-state index in [0.29, 0.717) is 17.5 Å². The van der Waals surface area contributed by atoms with E-state index in [1.807, 2.05) is 30.3 Å². The van der Waals surface area contributed by atoms with Gasteiger partial charge in [-0.3, -0.25) is 19.4 Å². The molecule has 14 heteroatoms. The molecule has 0 saturated heterocycles. The number of rotatable bonds is 17. The molecule has 3 aromatic carbocycles. The zero-order valence-electron chi connectivity index (χ0n) is 26.8. The lowest BCUT2D eigenvalue weighted by Crippen LogP contribution is -2.58. The second-order valence-corrected chi connectivity index (χ2v) is 11.7. The summed E-state index contributed by atoms with van der Waals surface area (Å²) in [5, 5.41) is 28.5. The van der Waals surface area contributed by atoms with Gasteiger partial charge in [-0.2, -0.15) is 0 Å². The molecule has 1 heterocycles. The van der Waals surface area contributed by atoms with Crippen LogP contribution >= 0.6 is 0 Å². The Bertz CT molecular complexity index is 1750. The lowest BCUT2D eigenvalue weighted by Gasteiger charge is -2.25. The number of nitrogens with zero attached hydrogens (tertiary/aromatic N) is 1. The van der Waals surface area contributed by atoms with Crippen molar-refractivity contribution < 1.29 is 29.4 Å². The van der Waals surface area contributed by atoms with Crippen molar-refractivity contribution in [1.82, 2.24) is 20.9 Å². The van der Waals surface area contributed by atoms with Crippen molar-refractivity contribution in [1.29, 1.82) is 0 Å². The second kappa shape index (κ2) is 17.3. The van der Waals surface area contributed by atoms with Gasteiger partial charge in [0.2, 0.25) is 17.7 Å². The van der Waals surface area contributed by atoms with Gasteiger partial charge in [-0.15, -0.1) is 0 Å². The van der Waals surface area contributed by atoms with E-state index in [-0.39, 0.29) is 43.9 Å². The number of phenolic OH excluding ortho intramolecular Hbond substituents is 1. The predicted molar refractivity (Wildman–Crippen MR) is 185 cm³/mol. The Morgan fingerprint density at radius 3 is 1.98 bits per heavy atom. The molecule has 4 unspecified atom stereocenters. The van der Waals surface area contributed by atoms with Crippen molar-refractivity contribution in [3.63, 3.8) is 0 Å². The van der Waals surface area contributed by atoms with Crippen LogP contribution < -0.4 is 33.2 Å². The fourth-order valence-corrected chi connectivity index (χ4v) is 5.33. The average Bonchev–Trinajstić information content (AvgIpc) is 3.49. The summed E-state index contributed by atoms with van der Waals surface area (Å²) >= 11 is 0. The van der Waals surface area contributed by atoms with Crippen LogP contribution in [0.15, 0.2) is 90.1 Å². The summed E-state index contributed by atoms with van der Waals surface area (Å²) in [5.74, 6) is -3.29. The van der Waals surface area contributed by atoms with Crippen LogP contribution in [-0.4, -0.2) is 75.6 Å². The third-order valence-corrected chi connectivity index (χ3v) is 7.94. The molecule has 0 aliphatic carbocycles. The number of aromatic nitrogens is 1. The molecule has 0 saturated carbocycles. The van der Waals surface area contributed by atoms with Gasteiger partial charge in [0.25, 0.3) is 0 Å². The molecule has 4 aromatic rings. The van der Waals surface area contributed by atoms with Crippen molar-refractivity contribution in [3.05, 3.63) is 102 Å². The number of aromatic hydroxyl groups is 1. The molecular formula is C35H42N8O6. The summed E-state index contributed by atoms with van der Waals surface area (Å²) in [5.41, 5.74) is 19.8. The van der Waals surface area contributed by atoms with Crippen LogP contribution in [0.1, 0.15) is 29.5 Å². The van der Waals surface area contributed by atoms with Crippen LogP contribution in [0.25, 0.3) is 10.9 Å². The van der Waals surface area contributed by atoms with Gasteiger partial charge in [-0.1, -0.05) is 60.7 Å². The fraction of sp³-hybridized carbons (Fsp3) is 0.286. The number of carbonyl (C=O) groups excluding carboxylic acids is 3. The van der Waals surface area contributed by atoms with Gasteiger partial charge >= 0.3 is 5.97 Å². The summed E-state index contributed by atoms with van der Waals surface area (Å²) < 4.78 is 0. The zero-order chi connectivity index (χ0) is 35.3. The lowest BCUT2D eigenvalue weighted by atomic mass is 10.0. The first-order valence-corrected chi connectivity index (χ1v) is 15.8. The Balaban J connectivity index is 1.56. The molecule has 1 aromatic heterocycles. The van der Waals surface area contributed by atoms with Gasteiger partial charge in [0.05, 0.1) is 6.04 Å². The Labute approximate surface area is 283 Å². The highest BCUT2D eigenvalue weighted by Crippen LogP contribution is 2.20. The summed E-state index contributed by atoms with van der Waals surface area (Å²) in [6.45, 7) is 0.281. The number of phenols is 1. The number of aliphatic carboxylic acids is 1. The molecule has 14 nitrogen and oxygen atoms in total. The van der Waals surface area contributed by atoms with E-state index in [9.17, 15) is 29.4 Å².